The van der Waals surface area contributed by atoms with Gasteiger partial charge in [-0.2, -0.15) is 0 Å². The van der Waals surface area contributed by atoms with Crippen LogP contribution in [0.25, 0.3) is 10.9 Å². The van der Waals surface area contributed by atoms with Gasteiger partial charge in [-0.25, -0.2) is 4.98 Å². The fourth-order valence-electron chi connectivity index (χ4n) is 3.42. The lowest BCUT2D eigenvalue weighted by atomic mass is 10.0. The molecule has 0 amide bonds. The molecular weight excluding hydrogens is 388 g/mol. The van der Waals surface area contributed by atoms with Gasteiger partial charge in [0.05, 0.1) is 22.3 Å². The van der Waals surface area contributed by atoms with Gasteiger partial charge in [0.1, 0.15) is 0 Å². The third-order valence-corrected chi connectivity index (χ3v) is 4.82. The number of nitro benzene ring substituents is 1. The van der Waals surface area contributed by atoms with Crippen molar-refractivity contribution in [3.05, 3.63) is 88.0 Å². The van der Waals surface area contributed by atoms with Crippen LogP contribution in [0.1, 0.15) is 33.2 Å². The predicted molar refractivity (Wildman–Crippen MR) is 108 cm³/mol. The highest BCUT2D eigenvalue weighted by Crippen LogP contribution is 2.35. The highest BCUT2D eigenvalue weighted by Gasteiger charge is 2.26. The number of non-ortho nitro benzene ring substituents is 1. The third kappa shape index (κ3) is 3.22. The van der Waals surface area contributed by atoms with Crippen molar-refractivity contribution < 1.29 is 19.6 Å². The Balaban J connectivity index is 1.78. The Hall–Kier alpha value is -4.27. The van der Waals surface area contributed by atoms with Gasteiger partial charge in [0.2, 0.25) is 11.8 Å². The van der Waals surface area contributed by atoms with Crippen LogP contribution in [0.15, 0.2) is 61.2 Å². The quantitative estimate of drug-likeness (QED) is 0.309. The lowest BCUT2D eigenvalue weighted by Crippen LogP contribution is -2.06. The van der Waals surface area contributed by atoms with Crippen molar-refractivity contribution in [2.75, 3.05) is 0 Å². The van der Waals surface area contributed by atoms with E-state index in [2.05, 4.69) is 4.98 Å². The molecule has 0 saturated carbocycles. The second-order valence-electron chi connectivity index (χ2n) is 6.77. The average molecular weight is 404 g/mol. The summed E-state index contributed by atoms with van der Waals surface area (Å²) in [7, 11) is 0. The van der Waals surface area contributed by atoms with Gasteiger partial charge in [-0.1, -0.05) is 24.3 Å². The van der Waals surface area contributed by atoms with E-state index in [0.717, 1.165) is 10.1 Å². The Morgan fingerprint density at radius 1 is 1.17 bits per heavy atom. The maximum absolute atomic E-state index is 13.2. The molecule has 9 heteroatoms. The van der Waals surface area contributed by atoms with Crippen LogP contribution in [0.3, 0.4) is 0 Å². The summed E-state index contributed by atoms with van der Waals surface area (Å²) in [4.78, 5) is 39.7. The number of aromatic hydroxyl groups is 1. The summed E-state index contributed by atoms with van der Waals surface area (Å²) >= 11 is 0. The van der Waals surface area contributed by atoms with E-state index in [9.17, 15) is 24.8 Å². The Bertz CT molecular complexity index is 1290. The Kier molecular flexibility index (Phi) is 4.63. The summed E-state index contributed by atoms with van der Waals surface area (Å²) in [5.41, 5.74) is 1.06. The number of rotatable bonds is 5. The van der Waals surface area contributed by atoms with E-state index in [1.165, 1.54) is 25.1 Å². The molecule has 0 spiro atoms. The number of benzene rings is 2. The molecular formula is C21H16N4O5. The van der Waals surface area contributed by atoms with E-state index in [1.807, 2.05) is 10.8 Å². The number of imidazole rings is 1. The van der Waals surface area contributed by atoms with Gasteiger partial charge in [-0.05, 0) is 11.6 Å². The standard InChI is InChI=1S/C21H16N4O5/c1-13(26)24-18-7-6-16(25(29)30)10-17(18)19(21(24)28)20(27)15-4-2-14(3-5-15)11-23-9-8-22-12-23/h2-10,12,28H,11H2,1H3. The summed E-state index contributed by atoms with van der Waals surface area (Å²) in [5, 5.41) is 21.9. The van der Waals surface area contributed by atoms with Gasteiger partial charge in [-0.3, -0.25) is 24.3 Å². The number of nitrogens with zero attached hydrogens (tertiary/aromatic N) is 4. The normalized spacial score (nSPS) is 11.0. The molecule has 150 valence electrons. The fourth-order valence-corrected chi connectivity index (χ4v) is 3.42. The first-order valence-corrected chi connectivity index (χ1v) is 8.99. The summed E-state index contributed by atoms with van der Waals surface area (Å²) in [5.74, 6) is -1.58. The summed E-state index contributed by atoms with van der Waals surface area (Å²) in [6, 6.07) is 10.5. The SMILES string of the molecule is CC(=O)n1c(O)c(C(=O)c2ccc(Cn3ccnc3)cc2)c2cc([N+](=O)[O-])ccc21. The zero-order valence-electron chi connectivity index (χ0n) is 15.8. The molecule has 0 atom stereocenters. The van der Waals surface area contributed by atoms with Crippen LogP contribution in [0.4, 0.5) is 5.69 Å². The minimum Gasteiger partial charge on any atom is -0.494 e. The first-order chi connectivity index (χ1) is 14.4. The number of ketones is 1. The molecule has 0 aliphatic carbocycles. The number of nitro groups is 1. The highest BCUT2D eigenvalue weighted by atomic mass is 16.6. The van der Waals surface area contributed by atoms with Crippen LogP contribution in [0.5, 0.6) is 5.88 Å². The van der Waals surface area contributed by atoms with Gasteiger partial charge in [0.15, 0.2) is 5.78 Å². The van der Waals surface area contributed by atoms with E-state index in [-0.39, 0.29) is 27.7 Å². The molecule has 9 nitrogen and oxygen atoms in total. The molecule has 0 fully saturated rings. The molecule has 0 aliphatic heterocycles. The number of hydrogen-bond acceptors (Lipinski definition) is 6. The van der Waals surface area contributed by atoms with Crippen molar-refractivity contribution in [3.8, 4) is 5.88 Å². The molecule has 2 aromatic carbocycles. The molecule has 30 heavy (non-hydrogen) atoms. The number of carbonyl (C=O) groups is 2. The van der Waals surface area contributed by atoms with Crippen LogP contribution >= 0.6 is 0 Å². The van der Waals surface area contributed by atoms with Crippen LogP contribution in [0, 0.1) is 10.1 Å². The van der Waals surface area contributed by atoms with Crippen molar-refractivity contribution >= 4 is 28.3 Å². The van der Waals surface area contributed by atoms with Crippen LogP contribution in [0.2, 0.25) is 0 Å². The highest BCUT2D eigenvalue weighted by molar-refractivity contribution is 6.20. The van der Waals surface area contributed by atoms with Crippen molar-refractivity contribution in [1.82, 2.24) is 14.1 Å². The molecule has 2 aromatic heterocycles. The molecule has 0 aliphatic rings. The molecule has 0 unspecified atom stereocenters. The van der Waals surface area contributed by atoms with Crippen molar-refractivity contribution in [2.24, 2.45) is 0 Å². The Morgan fingerprint density at radius 2 is 1.90 bits per heavy atom. The maximum atomic E-state index is 13.2. The van der Waals surface area contributed by atoms with Gasteiger partial charge in [0, 0.05) is 48.9 Å². The minimum atomic E-state index is -0.596. The molecule has 0 bridgehead atoms. The van der Waals surface area contributed by atoms with Crippen LogP contribution in [-0.2, 0) is 6.54 Å². The fraction of sp³-hybridized carbons (Fsp3) is 0.0952. The van der Waals surface area contributed by atoms with E-state index in [1.54, 1.807) is 36.8 Å². The largest absolute Gasteiger partial charge is 0.494 e. The lowest BCUT2D eigenvalue weighted by molar-refractivity contribution is -0.384. The van der Waals surface area contributed by atoms with Crippen molar-refractivity contribution in [2.45, 2.75) is 13.5 Å². The topological polar surface area (TPSA) is 120 Å². The number of fused-ring (bicyclic) bond motifs is 1. The van der Waals surface area contributed by atoms with E-state index >= 15 is 0 Å². The second-order valence-corrected chi connectivity index (χ2v) is 6.77. The third-order valence-electron chi connectivity index (χ3n) is 4.82. The van der Waals surface area contributed by atoms with Gasteiger partial charge in [-0.15, -0.1) is 0 Å². The van der Waals surface area contributed by atoms with Crippen LogP contribution in [-0.4, -0.2) is 35.8 Å². The van der Waals surface area contributed by atoms with E-state index < -0.39 is 22.5 Å². The van der Waals surface area contributed by atoms with Gasteiger partial charge in [0.25, 0.3) is 5.69 Å². The number of hydrogen-bond donors (Lipinski definition) is 1. The van der Waals surface area contributed by atoms with Gasteiger partial charge < -0.3 is 9.67 Å². The number of carbonyl (C=O) groups excluding carboxylic acids is 2. The first-order valence-electron chi connectivity index (χ1n) is 8.99. The smallest absolute Gasteiger partial charge is 0.270 e. The molecule has 0 saturated heterocycles. The van der Waals surface area contributed by atoms with E-state index in [0.29, 0.717) is 6.54 Å². The Morgan fingerprint density at radius 3 is 2.50 bits per heavy atom. The van der Waals surface area contributed by atoms with Crippen LogP contribution < -0.4 is 0 Å². The predicted octanol–water partition coefficient (Wildman–Crippen LogP) is 3.39. The summed E-state index contributed by atoms with van der Waals surface area (Å²) in [6.45, 7) is 1.81. The minimum absolute atomic E-state index is 0.143. The number of aromatic nitrogens is 3. The molecule has 2 heterocycles. The Labute approximate surface area is 170 Å². The first kappa shape index (κ1) is 19.1. The van der Waals surface area contributed by atoms with Gasteiger partial charge >= 0.3 is 0 Å². The zero-order valence-corrected chi connectivity index (χ0v) is 15.8. The average Bonchev–Trinajstić information content (AvgIpc) is 3.32. The van der Waals surface area contributed by atoms with Crippen molar-refractivity contribution in [1.29, 1.82) is 0 Å². The molecule has 1 N–H and O–H groups in total. The second kappa shape index (κ2) is 7.28. The summed E-state index contributed by atoms with van der Waals surface area (Å²) < 4.78 is 2.85. The zero-order chi connectivity index (χ0) is 21.4. The summed E-state index contributed by atoms with van der Waals surface area (Å²) in [6.07, 6.45) is 5.17. The maximum Gasteiger partial charge on any atom is 0.270 e. The lowest BCUT2D eigenvalue weighted by Gasteiger charge is -2.05. The van der Waals surface area contributed by atoms with Crippen molar-refractivity contribution in [3.63, 3.8) is 0 Å². The van der Waals surface area contributed by atoms with E-state index in [4.69, 9.17) is 0 Å². The molecule has 0 radical (unpaired) electrons. The molecule has 4 aromatic rings. The monoisotopic (exact) mass is 404 g/mol. The molecule has 4 rings (SSSR count).